The average Bonchev–Trinajstić information content (AvgIpc) is 3.79. The standard InChI is InChI=1S/C32H24N4O3/c1-3-11-21(12-4-1)27-19-37-29(33-27)23-15-7-9-17-25(23)31-35-36-32(39-31)26-18-10-8-16-24(26)30-34-28(20-38-30)22-13-5-2-6-14-22/h1-18,27-28H,19-20H2/t27-,28-/m1/s1. The van der Waals surface area contributed by atoms with Crippen molar-refractivity contribution >= 4 is 11.8 Å². The molecule has 0 saturated carbocycles. The summed E-state index contributed by atoms with van der Waals surface area (Å²) in [5.74, 6) is 1.92. The SMILES string of the molecule is c1ccc([C@H]2COC(c3ccccc3-c3nnc(-c4ccccc4C4=N[C@@H](c5ccccc5)CO4)o3)=N2)cc1. The van der Waals surface area contributed by atoms with Crippen LogP contribution in [-0.4, -0.2) is 35.2 Å². The molecule has 4 aromatic carbocycles. The maximum absolute atomic E-state index is 6.24. The van der Waals surface area contributed by atoms with Crippen molar-refractivity contribution in [2.45, 2.75) is 12.1 Å². The molecule has 0 unspecified atom stereocenters. The van der Waals surface area contributed by atoms with Crippen LogP contribution in [0.5, 0.6) is 0 Å². The third-order valence-electron chi connectivity index (χ3n) is 6.87. The zero-order valence-electron chi connectivity index (χ0n) is 21.0. The van der Waals surface area contributed by atoms with Gasteiger partial charge in [0.1, 0.15) is 25.3 Å². The predicted molar refractivity (Wildman–Crippen MR) is 149 cm³/mol. The summed E-state index contributed by atoms with van der Waals surface area (Å²) in [7, 11) is 0. The number of benzene rings is 4. The Kier molecular flexibility index (Phi) is 5.94. The molecule has 0 fully saturated rings. The van der Waals surface area contributed by atoms with E-state index in [1.807, 2.05) is 84.9 Å². The molecule has 7 nitrogen and oxygen atoms in total. The molecule has 0 N–H and O–H groups in total. The Morgan fingerprint density at radius 1 is 0.462 bits per heavy atom. The fraction of sp³-hybridized carbons (Fsp3) is 0.125. The molecule has 5 aromatic rings. The maximum Gasteiger partial charge on any atom is 0.248 e. The number of rotatable bonds is 6. The third kappa shape index (κ3) is 4.48. The van der Waals surface area contributed by atoms with Crippen molar-refractivity contribution in [1.82, 2.24) is 10.2 Å². The van der Waals surface area contributed by atoms with Gasteiger partial charge in [-0.05, 0) is 35.4 Å². The van der Waals surface area contributed by atoms with Gasteiger partial charge in [-0.1, -0.05) is 84.9 Å². The number of hydrogen-bond acceptors (Lipinski definition) is 7. The van der Waals surface area contributed by atoms with Gasteiger partial charge >= 0.3 is 0 Å². The summed E-state index contributed by atoms with van der Waals surface area (Å²) in [6, 6.07) is 35.8. The van der Waals surface area contributed by atoms with Gasteiger partial charge in [-0.2, -0.15) is 0 Å². The van der Waals surface area contributed by atoms with Crippen molar-refractivity contribution < 1.29 is 13.9 Å². The van der Waals surface area contributed by atoms with Gasteiger partial charge in [-0.15, -0.1) is 10.2 Å². The first kappa shape index (κ1) is 23.1. The summed E-state index contributed by atoms with van der Waals surface area (Å²) >= 11 is 0. The van der Waals surface area contributed by atoms with Crippen LogP contribution in [-0.2, 0) is 9.47 Å². The Morgan fingerprint density at radius 3 is 1.28 bits per heavy atom. The van der Waals surface area contributed by atoms with E-state index < -0.39 is 0 Å². The number of hydrogen-bond donors (Lipinski definition) is 0. The molecule has 2 aliphatic rings. The van der Waals surface area contributed by atoms with Crippen molar-refractivity contribution in [1.29, 1.82) is 0 Å². The number of ether oxygens (including phenoxy) is 2. The molecule has 0 radical (unpaired) electrons. The molecular weight excluding hydrogens is 488 g/mol. The fourth-order valence-corrected chi connectivity index (χ4v) is 4.89. The van der Waals surface area contributed by atoms with E-state index in [2.05, 4.69) is 34.5 Å². The molecule has 3 heterocycles. The molecule has 7 heteroatoms. The molecule has 39 heavy (non-hydrogen) atoms. The minimum Gasteiger partial charge on any atom is -0.475 e. The van der Waals surface area contributed by atoms with Gasteiger partial charge in [0.25, 0.3) is 0 Å². The molecule has 2 atom stereocenters. The van der Waals surface area contributed by atoms with Crippen LogP contribution in [0.2, 0.25) is 0 Å². The molecule has 0 aliphatic carbocycles. The van der Waals surface area contributed by atoms with Crippen LogP contribution in [0.4, 0.5) is 0 Å². The first-order valence-corrected chi connectivity index (χ1v) is 12.9. The van der Waals surface area contributed by atoms with Crippen LogP contribution in [0.15, 0.2) is 124 Å². The zero-order chi connectivity index (χ0) is 26.0. The summed E-state index contributed by atoms with van der Waals surface area (Å²) in [6.45, 7) is 0.977. The van der Waals surface area contributed by atoms with Crippen LogP contribution in [0.1, 0.15) is 34.3 Å². The van der Waals surface area contributed by atoms with E-state index in [1.165, 1.54) is 0 Å². The third-order valence-corrected chi connectivity index (χ3v) is 6.87. The smallest absolute Gasteiger partial charge is 0.248 e. The van der Waals surface area contributed by atoms with E-state index >= 15 is 0 Å². The summed E-state index contributed by atoms with van der Waals surface area (Å²) in [4.78, 5) is 9.70. The van der Waals surface area contributed by atoms with Gasteiger partial charge in [0.2, 0.25) is 23.6 Å². The highest BCUT2D eigenvalue weighted by Gasteiger charge is 2.27. The van der Waals surface area contributed by atoms with Crippen LogP contribution < -0.4 is 0 Å². The van der Waals surface area contributed by atoms with Crippen molar-refractivity contribution in [2.24, 2.45) is 9.98 Å². The predicted octanol–water partition coefficient (Wildman–Crippen LogP) is 6.44. The highest BCUT2D eigenvalue weighted by atomic mass is 16.5. The molecule has 2 aliphatic heterocycles. The van der Waals surface area contributed by atoms with Gasteiger partial charge in [-0.25, -0.2) is 9.98 Å². The normalized spacial score (nSPS) is 18.3. The molecule has 0 amide bonds. The molecule has 190 valence electrons. The van der Waals surface area contributed by atoms with Crippen molar-refractivity contribution in [3.05, 3.63) is 131 Å². The molecule has 0 bridgehead atoms. The summed E-state index contributed by atoms with van der Waals surface area (Å²) < 4.78 is 18.3. The van der Waals surface area contributed by atoms with E-state index in [0.29, 0.717) is 36.8 Å². The number of aromatic nitrogens is 2. The number of nitrogens with zero attached hydrogens (tertiary/aromatic N) is 4. The van der Waals surface area contributed by atoms with E-state index in [0.717, 1.165) is 33.4 Å². The Morgan fingerprint density at radius 2 is 0.846 bits per heavy atom. The highest BCUT2D eigenvalue weighted by Crippen LogP contribution is 2.33. The molecule has 0 spiro atoms. The number of aliphatic imine (C=N–C) groups is 2. The Hall–Kier alpha value is -5.04. The zero-order valence-corrected chi connectivity index (χ0v) is 21.0. The largest absolute Gasteiger partial charge is 0.475 e. The lowest BCUT2D eigenvalue weighted by Gasteiger charge is -2.06. The Balaban J connectivity index is 1.20. The second kappa shape index (κ2) is 10.0. The van der Waals surface area contributed by atoms with Gasteiger partial charge in [0, 0.05) is 11.1 Å². The highest BCUT2D eigenvalue weighted by molar-refractivity contribution is 6.02. The monoisotopic (exact) mass is 512 g/mol. The molecule has 7 rings (SSSR count). The average molecular weight is 513 g/mol. The van der Waals surface area contributed by atoms with Crippen molar-refractivity contribution in [3.63, 3.8) is 0 Å². The van der Waals surface area contributed by atoms with Gasteiger partial charge in [0.05, 0.1) is 11.1 Å². The van der Waals surface area contributed by atoms with Gasteiger partial charge in [0.15, 0.2) is 0 Å². The van der Waals surface area contributed by atoms with Crippen molar-refractivity contribution in [2.75, 3.05) is 13.2 Å². The lowest BCUT2D eigenvalue weighted by atomic mass is 10.1. The molecule has 1 aromatic heterocycles. The second-order valence-electron chi connectivity index (χ2n) is 9.35. The van der Waals surface area contributed by atoms with Gasteiger partial charge in [-0.3, -0.25) is 0 Å². The van der Waals surface area contributed by atoms with E-state index in [1.54, 1.807) is 0 Å². The van der Waals surface area contributed by atoms with Crippen LogP contribution in [0.25, 0.3) is 22.9 Å². The summed E-state index contributed by atoms with van der Waals surface area (Å²) in [5.41, 5.74) is 5.39. The Labute approximate surface area is 225 Å². The maximum atomic E-state index is 6.24. The second-order valence-corrected chi connectivity index (χ2v) is 9.35. The van der Waals surface area contributed by atoms with Crippen LogP contribution in [0, 0.1) is 0 Å². The van der Waals surface area contributed by atoms with Gasteiger partial charge < -0.3 is 13.9 Å². The fourth-order valence-electron chi connectivity index (χ4n) is 4.89. The molecule has 0 saturated heterocycles. The van der Waals surface area contributed by atoms with E-state index in [-0.39, 0.29) is 12.1 Å². The van der Waals surface area contributed by atoms with E-state index in [4.69, 9.17) is 23.9 Å². The quantitative estimate of drug-likeness (QED) is 0.262. The van der Waals surface area contributed by atoms with Crippen LogP contribution >= 0.6 is 0 Å². The lowest BCUT2D eigenvalue weighted by Crippen LogP contribution is -2.03. The topological polar surface area (TPSA) is 82.1 Å². The Bertz CT molecular complexity index is 1550. The first-order valence-electron chi connectivity index (χ1n) is 12.9. The lowest BCUT2D eigenvalue weighted by molar-refractivity contribution is 0.319. The van der Waals surface area contributed by atoms with E-state index in [9.17, 15) is 0 Å². The molecular formula is C32H24N4O3. The van der Waals surface area contributed by atoms with Crippen LogP contribution in [0.3, 0.4) is 0 Å². The minimum absolute atomic E-state index is 0.0497. The summed E-state index contributed by atoms with van der Waals surface area (Å²) in [6.07, 6.45) is 0. The van der Waals surface area contributed by atoms with Crippen molar-refractivity contribution in [3.8, 4) is 22.9 Å². The minimum atomic E-state index is -0.0497. The first-order chi connectivity index (χ1) is 19.3. The summed E-state index contributed by atoms with van der Waals surface area (Å²) in [5, 5.41) is 8.79.